The maximum absolute atomic E-state index is 13.3. The highest BCUT2D eigenvalue weighted by molar-refractivity contribution is 5.45. The van der Waals surface area contributed by atoms with Gasteiger partial charge in [0.15, 0.2) is 11.6 Å². The lowest BCUT2D eigenvalue weighted by Crippen LogP contribution is -1.99. The molecule has 0 fully saturated rings. The molecule has 2 nitrogen and oxygen atoms in total. The summed E-state index contributed by atoms with van der Waals surface area (Å²) in [4.78, 5) is 0. The predicted octanol–water partition coefficient (Wildman–Crippen LogP) is 2.80. The quantitative estimate of drug-likeness (QED) is 0.740. The number of hydrogen-bond acceptors (Lipinski definition) is 2. The van der Waals surface area contributed by atoms with E-state index in [2.05, 4.69) is 0 Å². The van der Waals surface area contributed by atoms with Gasteiger partial charge in [0.05, 0.1) is 14.2 Å². The van der Waals surface area contributed by atoms with Crippen molar-refractivity contribution in [3.05, 3.63) is 23.5 Å². The van der Waals surface area contributed by atoms with Gasteiger partial charge in [-0.3, -0.25) is 0 Å². The molecule has 0 unspecified atom stereocenters. The lowest BCUT2D eigenvalue weighted by molar-refractivity contribution is 0.365. The molecule has 0 saturated heterocycles. The summed E-state index contributed by atoms with van der Waals surface area (Å²) in [6.45, 7) is 2.03. The molecule has 0 N–H and O–H groups in total. The second kappa shape index (κ2) is 4.84. The fourth-order valence-corrected chi connectivity index (χ4v) is 1.48. The van der Waals surface area contributed by atoms with Crippen molar-refractivity contribution in [2.75, 3.05) is 14.2 Å². The van der Waals surface area contributed by atoms with Crippen molar-refractivity contribution < 1.29 is 13.9 Å². The first kappa shape index (κ1) is 10.8. The van der Waals surface area contributed by atoms with E-state index in [0.29, 0.717) is 11.5 Å². The van der Waals surface area contributed by atoms with E-state index < -0.39 is 0 Å². The van der Waals surface area contributed by atoms with Crippen LogP contribution in [0.2, 0.25) is 0 Å². The zero-order chi connectivity index (χ0) is 10.6. The van der Waals surface area contributed by atoms with E-state index in [1.807, 2.05) is 6.92 Å². The van der Waals surface area contributed by atoms with Gasteiger partial charge in [-0.25, -0.2) is 4.39 Å². The number of benzene rings is 1. The average Bonchev–Trinajstić information content (AvgIpc) is 2.19. The van der Waals surface area contributed by atoms with Gasteiger partial charge in [0, 0.05) is 5.56 Å². The molecular formula is C11H15FO2. The SMILES string of the molecule is CCCc1c(OC)ccc(F)c1OC. The summed E-state index contributed by atoms with van der Waals surface area (Å²) in [5.41, 5.74) is 0.803. The topological polar surface area (TPSA) is 18.5 Å². The van der Waals surface area contributed by atoms with E-state index in [9.17, 15) is 4.39 Å². The molecule has 0 spiro atoms. The molecule has 0 aromatic heterocycles. The molecule has 1 aromatic rings. The molecule has 1 aromatic carbocycles. The van der Waals surface area contributed by atoms with Gasteiger partial charge < -0.3 is 9.47 Å². The largest absolute Gasteiger partial charge is 0.496 e. The van der Waals surface area contributed by atoms with E-state index >= 15 is 0 Å². The summed E-state index contributed by atoms with van der Waals surface area (Å²) < 4.78 is 23.5. The number of methoxy groups -OCH3 is 2. The highest BCUT2D eigenvalue weighted by atomic mass is 19.1. The van der Waals surface area contributed by atoms with Gasteiger partial charge >= 0.3 is 0 Å². The van der Waals surface area contributed by atoms with Crippen molar-refractivity contribution in [2.24, 2.45) is 0 Å². The van der Waals surface area contributed by atoms with Crippen LogP contribution < -0.4 is 9.47 Å². The molecule has 14 heavy (non-hydrogen) atoms. The van der Waals surface area contributed by atoms with Crippen molar-refractivity contribution in [2.45, 2.75) is 19.8 Å². The highest BCUT2D eigenvalue weighted by Crippen LogP contribution is 2.32. The van der Waals surface area contributed by atoms with Gasteiger partial charge in [0.1, 0.15) is 5.75 Å². The van der Waals surface area contributed by atoms with Gasteiger partial charge in [-0.2, -0.15) is 0 Å². The molecule has 3 heteroatoms. The molecule has 0 heterocycles. The number of hydrogen-bond donors (Lipinski definition) is 0. The number of rotatable bonds is 4. The van der Waals surface area contributed by atoms with Crippen LogP contribution in [0.3, 0.4) is 0 Å². The summed E-state index contributed by atoms with van der Waals surface area (Å²) in [7, 11) is 3.04. The standard InChI is InChI=1S/C11H15FO2/c1-4-5-8-10(13-2)7-6-9(12)11(8)14-3/h6-7H,4-5H2,1-3H3. The van der Waals surface area contributed by atoms with Gasteiger partial charge in [0.2, 0.25) is 0 Å². The lowest BCUT2D eigenvalue weighted by Gasteiger charge is -2.12. The monoisotopic (exact) mass is 198 g/mol. The van der Waals surface area contributed by atoms with E-state index in [4.69, 9.17) is 9.47 Å². The van der Waals surface area contributed by atoms with Crippen LogP contribution in [0.25, 0.3) is 0 Å². The highest BCUT2D eigenvalue weighted by Gasteiger charge is 2.13. The van der Waals surface area contributed by atoms with Gasteiger partial charge in [-0.05, 0) is 18.6 Å². The summed E-state index contributed by atoms with van der Waals surface area (Å²) in [6.07, 6.45) is 1.68. The Morgan fingerprint density at radius 2 is 1.93 bits per heavy atom. The summed E-state index contributed by atoms with van der Waals surface area (Å²) in [5.74, 6) is 0.646. The van der Waals surface area contributed by atoms with Crippen LogP contribution in [0.5, 0.6) is 11.5 Å². The Balaban J connectivity index is 3.21. The Kier molecular flexibility index (Phi) is 3.74. The third kappa shape index (κ3) is 1.97. The molecule has 0 saturated carbocycles. The first-order valence-corrected chi connectivity index (χ1v) is 4.64. The van der Waals surface area contributed by atoms with Crippen LogP contribution >= 0.6 is 0 Å². The van der Waals surface area contributed by atoms with Crippen LogP contribution in [0, 0.1) is 5.82 Å². The lowest BCUT2D eigenvalue weighted by atomic mass is 10.1. The zero-order valence-electron chi connectivity index (χ0n) is 8.76. The summed E-state index contributed by atoms with van der Waals surface area (Å²) in [6, 6.07) is 2.99. The minimum absolute atomic E-state index is 0.297. The fraction of sp³-hybridized carbons (Fsp3) is 0.455. The molecule has 0 bridgehead atoms. The zero-order valence-corrected chi connectivity index (χ0v) is 8.76. The molecule has 0 aliphatic heterocycles. The predicted molar refractivity (Wildman–Crippen MR) is 53.5 cm³/mol. The van der Waals surface area contributed by atoms with E-state index in [0.717, 1.165) is 18.4 Å². The van der Waals surface area contributed by atoms with Crippen molar-refractivity contribution >= 4 is 0 Å². The van der Waals surface area contributed by atoms with Crippen LogP contribution in [0.15, 0.2) is 12.1 Å². The van der Waals surface area contributed by atoms with Crippen LogP contribution in [-0.2, 0) is 6.42 Å². The first-order chi connectivity index (χ1) is 6.74. The molecular weight excluding hydrogens is 183 g/mol. The second-order valence-corrected chi connectivity index (χ2v) is 3.01. The number of ether oxygens (including phenoxy) is 2. The van der Waals surface area contributed by atoms with Crippen molar-refractivity contribution in [1.82, 2.24) is 0 Å². The third-order valence-corrected chi connectivity index (χ3v) is 2.09. The fourth-order valence-electron chi connectivity index (χ4n) is 1.48. The average molecular weight is 198 g/mol. The van der Waals surface area contributed by atoms with Crippen LogP contribution in [0.1, 0.15) is 18.9 Å². The minimum Gasteiger partial charge on any atom is -0.496 e. The molecule has 0 aliphatic carbocycles. The summed E-state index contributed by atoms with van der Waals surface area (Å²) >= 11 is 0. The van der Waals surface area contributed by atoms with E-state index in [-0.39, 0.29) is 5.82 Å². The Bertz CT molecular complexity index is 310. The second-order valence-electron chi connectivity index (χ2n) is 3.01. The van der Waals surface area contributed by atoms with Gasteiger partial charge in [-0.1, -0.05) is 13.3 Å². The smallest absolute Gasteiger partial charge is 0.165 e. The van der Waals surface area contributed by atoms with Crippen molar-refractivity contribution in [3.63, 3.8) is 0 Å². The van der Waals surface area contributed by atoms with Crippen molar-refractivity contribution in [1.29, 1.82) is 0 Å². The Hall–Kier alpha value is -1.25. The van der Waals surface area contributed by atoms with Crippen LogP contribution in [0.4, 0.5) is 4.39 Å². The Morgan fingerprint density at radius 1 is 1.21 bits per heavy atom. The van der Waals surface area contributed by atoms with Crippen molar-refractivity contribution in [3.8, 4) is 11.5 Å². The van der Waals surface area contributed by atoms with Gasteiger partial charge in [0.25, 0.3) is 0 Å². The Morgan fingerprint density at radius 3 is 2.43 bits per heavy atom. The molecule has 0 radical (unpaired) electrons. The molecule has 1 rings (SSSR count). The number of halogens is 1. The Labute approximate surface area is 83.6 Å². The van der Waals surface area contributed by atoms with Crippen LogP contribution in [-0.4, -0.2) is 14.2 Å². The molecule has 0 aliphatic rings. The normalized spacial score (nSPS) is 10.0. The third-order valence-electron chi connectivity index (χ3n) is 2.09. The molecule has 0 amide bonds. The maximum atomic E-state index is 13.3. The maximum Gasteiger partial charge on any atom is 0.165 e. The minimum atomic E-state index is -0.336. The summed E-state index contributed by atoms with van der Waals surface area (Å²) in [5, 5.41) is 0. The van der Waals surface area contributed by atoms with E-state index in [1.54, 1.807) is 13.2 Å². The first-order valence-electron chi connectivity index (χ1n) is 4.64. The van der Waals surface area contributed by atoms with E-state index in [1.165, 1.54) is 13.2 Å². The van der Waals surface area contributed by atoms with Gasteiger partial charge in [-0.15, -0.1) is 0 Å². The molecule has 78 valence electrons. The molecule has 0 atom stereocenters.